The van der Waals surface area contributed by atoms with E-state index in [2.05, 4.69) is 17.0 Å². The molecule has 18 heavy (non-hydrogen) atoms. The number of hydrogen-bond acceptors (Lipinski definition) is 3. The van der Waals surface area contributed by atoms with Crippen LogP contribution in [-0.4, -0.2) is 37.7 Å². The summed E-state index contributed by atoms with van der Waals surface area (Å²) in [5.74, 6) is 0.931. The van der Waals surface area contributed by atoms with Gasteiger partial charge >= 0.3 is 0 Å². The van der Waals surface area contributed by atoms with Gasteiger partial charge in [0.25, 0.3) is 0 Å². The first-order chi connectivity index (χ1) is 8.83. The van der Waals surface area contributed by atoms with Crippen LogP contribution in [0.1, 0.15) is 24.8 Å². The molecule has 2 rings (SSSR count). The van der Waals surface area contributed by atoms with Crippen LogP contribution >= 0.6 is 0 Å². The summed E-state index contributed by atoms with van der Waals surface area (Å²) < 4.78 is 5.17. The van der Waals surface area contributed by atoms with Crippen molar-refractivity contribution in [3.05, 3.63) is 29.8 Å². The molecule has 0 amide bonds. The summed E-state index contributed by atoms with van der Waals surface area (Å²) in [7, 11) is 1.71. The Labute approximate surface area is 110 Å². The highest BCUT2D eigenvalue weighted by molar-refractivity contribution is 5.27. The average molecular weight is 248 g/mol. The molecule has 0 aliphatic heterocycles. The Bertz CT molecular complexity index is 346. The lowest BCUT2D eigenvalue weighted by Gasteiger charge is -2.21. The first-order valence-corrected chi connectivity index (χ1v) is 6.90. The van der Waals surface area contributed by atoms with E-state index in [0.717, 1.165) is 44.3 Å². The van der Waals surface area contributed by atoms with Crippen molar-refractivity contribution in [2.24, 2.45) is 5.73 Å². The van der Waals surface area contributed by atoms with Gasteiger partial charge in [0.05, 0.1) is 7.11 Å². The van der Waals surface area contributed by atoms with Crippen molar-refractivity contribution in [1.82, 2.24) is 4.90 Å². The highest BCUT2D eigenvalue weighted by atomic mass is 16.5. The fourth-order valence-corrected chi connectivity index (χ4v) is 2.28. The molecule has 0 spiro atoms. The molecule has 1 aliphatic carbocycles. The highest BCUT2D eigenvalue weighted by Gasteiger charge is 2.27. The van der Waals surface area contributed by atoms with Gasteiger partial charge in [0.1, 0.15) is 5.75 Å². The molecule has 0 unspecified atom stereocenters. The van der Waals surface area contributed by atoms with E-state index in [9.17, 15) is 0 Å². The molecule has 0 radical (unpaired) electrons. The summed E-state index contributed by atoms with van der Waals surface area (Å²) in [6, 6.07) is 9.22. The van der Waals surface area contributed by atoms with Crippen molar-refractivity contribution in [1.29, 1.82) is 0 Å². The molecule has 1 aliphatic rings. The largest absolute Gasteiger partial charge is 0.497 e. The first kappa shape index (κ1) is 13.4. The molecule has 1 fully saturated rings. The van der Waals surface area contributed by atoms with Gasteiger partial charge in [0, 0.05) is 12.6 Å². The van der Waals surface area contributed by atoms with Crippen molar-refractivity contribution in [2.75, 3.05) is 26.7 Å². The van der Waals surface area contributed by atoms with Gasteiger partial charge in [0.15, 0.2) is 0 Å². The maximum Gasteiger partial charge on any atom is 0.118 e. The minimum absolute atomic E-state index is 0.797. The molecule has 1 saturated carbocycles. The zero-order valence-electron chi connectivity index (χ0n) is 11.3. The molecule has 3 heteroatoms. The predicted molar refractivity (Wildman–Crippen MR) is 75.0 cm³/mol. The molecular weight excluding hydrogens is 224 g/mol. The number of hydrogen-bond donors (Lipinski definition) is 1. The van der Waals surface area contributed by atoms with E-state index in [4.69, 9.17) is 10.5 Å². The second kappa shape index (κ2) is 6.76. The van der Waals surface area contributed by atoms with E-state index in [1.807, 2.05) is 12.1 Å². The van der Waals surface area contributed by atoms with Gasteiger partial charge < -0.3 is 15.4 Å². The van der Waals surface area contributed by atoms with E-state index in [1.54, 1.807) is 7.11 Å². The maximum absolute atomic E-state index is 5.60. The molecular formula is C15H24N2O. The normalized spacial score (nSPS) is 15.1. The van der Waals surface area contributed by atoms with Crippen LogP contribution < -0.4 is 10.5 Å². The third-order valence-corrected chi connectivity index (χ3v) is 3.56. The van der Waals surface area contributed by atoms with Crippen LogP contribution in [0.5, 0.6) is 5.75 Å². The van der Waals surface area contributed by atoms with Crippen LogP contribution in [-0.2, 0) is 6.42 Å². The van der Waals surface area contributed by atoms with Crippen LogP contribution in [0.25, 0.3) is 0 Å². The van der Waals surface area contributed by atoms with Crippen molar-refractivity contribution in [3.8, 4) is 5.75 Å². The molecule has 0 atom stereocenters. The van der Waals surface area contributed by atoms with Gasteiger partial charge in [-0.1, -0.05) is 12.1 Å². The van der Waals surface area contributed by atoms with Crippen LogP contribution in [0, 0.1) is 0 Å². The van der Waals surface area contributed by atoms with Gasteiger partial charge in [-0.25, -0.2) is 0 Å². The van der Waals surface area contributed by atoms with Gasteiger partial charge in [-0.2, -0.15) is 0 Å². The minimum atomic E-state index is 0.797. The van der Waals surface area contributed by atoms with Gasteiger partial charge in [-0.15, -0.1) is 0 Å². The monoisotopic (exact) mass is 248 g/mol. The van der Waals surface area contributed by atoms with Crippen molar-refractivity contribution >= 4 is 0 Å². The van der Waals surface area contributed by atoms with Crippen LogP contribution in [0.4, 0.5) is 0 Å². The molecule has 100 valence electrons. The fraction of sp³-hybridized carbons (Fsp3) is 0.600. The number of nitrogens with zero attached hydrogens (tertiary/aromatic N) is 1. The Balaban J connectivity index is 1.80. The van der Waals surface area contributed by atoms with Crippen molar-refractivity contribution in [3.63, 3.8) is 0 Å². The fourth-order valence-electron chi connectivity index (χ4n) is 2.28. The number of methoxy groups -OCH3 is 1. The topological polar surface area (TPSA) is 38.5 Å². The maximum atomic E-state index is 5.60. The predicted octanol–water partition coefficient (Wildman–Crippen LogP) is 2.05. The Morgan fingerprint density at radius 2 is 1.94 bits per heavy atom. The zero-order chi connectivity index (χ0) is 12.8. The summed E-state index contributed by atoms with van der Waals surface area (Å²) in [4.78, 5) is 2.59. The van der Waals surface area contributed by atoms with E-state index in [0.29, 0.717) is 0 Å². The summed E-state index contributed by atoms with van der Waals surface area (Å²) in [5.41, 5.74) is 6.98. The lowest BCUT2D eigenvalue weighted by atomic mass is 10.1. The third-order valence-electron chi connectivity index (χ3n) is 3.56. The molecule has 0 bridgehead atoms. The first-order valence-electron chi connectivity index (χ1n) is 6.90. The summed E-state index contributed by atoms with van der Waals surface area (Å²) in [6.45, 7) is 3.10. The number of ether oxygens (including phenoxy) is 1. The van der Waals surface area contributed by atoms with Gasteiger partial charge in [-0.3, -0.25) is 0 Å². The van der Waals surface area contributed by atoms with Crippen LogP contribution in [0.3, 0.4) is 0 Å². The highest BCUT2D eigenvalue weighted by Crippen LogP contribution is 2.27. The number of nitrogens with two attached hydrogens (primary N) is 1. The molecule has 1 aromatic carbocycles. The van der Waals surface area contributed by atoms with E-state index < -0.39 is 0 Å². The van der Waals surface area contributed by atoms with Crippen molar-refractivity contribution in [2.45, 2.75) is 31.7 Å². The van der Waals surface area contributed by atoms with E-state index in [1.165, 1.54) is 18.4 Å². The zero-order valence-corrected chi connectivity index (χ0v) is 11.3. The SMILES string of the molecule is COc1ccc(CCN(CCCN)C2CC2)cc1. The number of benzene rings is 1. The van der Waals surface area contributed by atoms with Crippen LogP contribution in [0.2, 0.25) is 0 Å². The van der Waals surface area contributed by atoms with Gasteiger partial charge in [0.2, 0.25) is 0 Å². The minimum Gasteiger partial charge on any atom is -0.497 e. The molecule has 0 heterocycles. The third kappa shape index (κ3) is 4.00. The van der Waals surface area contributed by atoms with Crippen molar-refractivity contribution < 1.29 is 4.74 Å². The lowest BCUT2D eigenvalue weighted by Crippen LogP contribution is -2.30. The van der Waals surface area contributed by atoms with E-state index in [-0.39, 0.29) is 0 Å². The standard InChI is InChI=1S/C15H24N2O/c1-18-15-7-3-13(4-8-15)9-12-17(11-2-10-16)14-5-6-14/h3-4,7-8,14H,2,5-6,9-12,16H2,1H3. The second-order valence-electron chi connectivity index (χ2n) is 5.01. The molecule has 3 nitrogen and oxygen atoms in total. The Kier molecular flexibility index (Phi) is 5.02. The lowest BCUT2D eigenvalue weighted by molar-refractivity contribution is 0.265. The molecule has 0 saturated heterocycles. The molecule has 0 aromatic heterocycles. The number of rotatable bonds is 8. The molecule has 2 N–H and O–H groups in total. The average Bonchev–Trinajstić information content (AvgIpc) is 3.24. The Morgan fingerprint density at radius 3 is 2.50 bits per heavy atom. The smallest absolute Gasteiger partial charge is 0.118 e. The molecule has 1 aromatic rings. The van der Waals surface area contributed by atoms with Crippen LogP contribution in [0.15, 0.2) is 24.3 Å². The summed E-state index contributed by atoms with van der Waals surface area (Å²) >= 11 is 0. The Hall–Kier alpha value is -1.06. The summed E-state index contributed by atoms with van der Waals surface area (Å²) in [5, 5.41) is 0. The van der Waals surface area contributed by atoms with Gasteiger partial charge in [-0.05, 0) is 56.5 Å². The quantitative estimate of drug-likeness (QED) is 0.765. The summed E-state index contributed by atoms with van der Waals surface area (Å²) in [6.07, 6.45) is 4.96. The van der Waals surface area contributed by atoms with E-state index >= 15 is 0 Å². The Morgan fingerprint density at radius 1 is 1.22 bits per heavy atom. The second-order valence-corrected chi connectivity index (χ2v) is 5.01.